The lowest BCUT2D eigenvalue weighted by atomic mass is 9.92. The summed E-state index contributed by atoms with van der Waals surface area (Å²) in [7, 11) is 0. The minimum atomic E-state index is 0.488. The third kappa shape index (κ3) is 5.11. The molecule has 2 aromatic rings. The van der Waals surface area contributed by atoms with Gasteiger partial charge in [-0.25, -0.2) is 4.98 Å². The molecule has 2 aliphatic heterocycles. The van der Waals surface area contributed by atoms with Crippen LogP contribution in [-0.2, 0) is 6.54 Å². The molecule has 3 heterocycles. The molecule has 0 amide bonds. The summed E-state index contributed by atoms with van der Waals surface area (Å²) in [6, 6.07) is 7.95. The van der Waals surface area contributed by atoms with Crippen molar-refractivity contribution in [2.24, 2.45) is 11.8 Å². The van der Waals surface area contributed by atoms with Crippen LogP contribution in [0.25, 0.3) is 0 Å². The number of nitrogens with zero attached hydrogens (tertiary/aromatic N) is 3. The average Bonchev–Trinajstić information content (AvgIpc) is 2.71. The van der Waals surface area contributed by atoms with Crippen molar-refractivity contribution in [3.05, 3.63) is 35.5 Å². The van der Waals surface area contributed by atoms with Crippen LogP contribution in [0, 0.1) is 18.8 Å². The number of aromatic nitrogens is 2. The van der Waals surface area contributed by atoms with Gasteiger partial charge in [0.25, 0.3) is 0 Å². The molecule has 1 fully saturated rings. The van der Waals surface area contributed by atoms with Crippen LogP contribution in [0.5, 0.6) is 11.5 Å². The molecule has 2 N–H and O–H groups in total. The number of benzene rings is 1. The lowest BCUT2D eigenvalue weighted by molar-refractivity contribution is 0.171. The number of rotatable bonds is 4. The molecule has 2 aliphatic rings. The zero-order valence-corrected chi connectivity index (χ0v) is 18.6. The Kier molecular flexibility index (Phi) is 6.22. The molecule has 30 heavy (non-hydrogen) atoms. The summed E-state index contributed by atoms with van der Waals surface area (Å²) in [4.78, 5) is 11.6. The smallest absolute Gasteiger partial charge is 0.231 e. The van der Waals surface area contributed by atoms with E-state index in [9.17, 15) is 0 Å². The van der Waals surface area contributed by atoms with E-state index in [4.69, 9.17) is 26.7 Å². The third-order valence-electron chi connectivity index (χ3n) is 5.32. The van der Waals surface area contributed by atoms with Crippen molar-refractivity contribution in [3.8, 4) is 11.5 Å². The predicted octanol–water partition coefficient (Wildman–Crippen LogP) is 3.53. The minimum absolute atomic E-state index is 0.488. The Balaban J connectivity index is 1.38. The van der Waals surface area contributed by atoms with Gasteiger partial charge >= 0.3 is 0 Å². The normalized spacial score (nSPS) is 20.6. The van der Waals surface area contributed by atoms with Gasteiger partial charge in [-0.15, -0.1) is 0 Å². The summed E-state index contributed by atoms with van der Waals surface area (Å²) >= 11 is 5.46. The van der Waals surface area contributed by atoms with Crippen LogP contribution >= 0.6 is 12.2 Å². The van der Waals surface area contributed by atoms with Gasteiger partial charge < -0.3 is 25.0 Å². The highest BCUT2D eigenvalue weighted by atomic mass is 32.1. The number of aryl methyl sites for hydroxylation is 1. The van der Waals surface area contributed by atoms with Crippen LogP contribution < -0.4 is 25.0 Å². The molecule has 8 heteroatoms. The first-order chi connectivity index (χ1) is 14.5. The van der Waals surface area contributed by atoms with Gasteiger partial charge in [0.15, 0.2) is 16.6 Å². The second kappa shape index (κ2) is 9.04. The molecule has 0 radical (unpaired) electrons. The Bertz CT molecular complexity index is 912. The zero-order valence-electron chi connectivity index (χ0n) is 17.8. The van der Waals surface area contributed by atoms with Crippen LogP contribution in [-0.4, -0.2) is 41.4 Å². The number of piperidine rings is 1. The third-order valence-corrected chi connectivity index (χ3v) is 5.56. The average molecular weight is 428 g/mol. The molecule has 4 rings (SSSR count). The topological polar surface area (TPSA) is 71.5 Å². The van der Waals surface area contributed by atoms with Gasteiger partial charge in [0.2, 0.25) is 5.95 Å². The van der Waals surface area contributed by atoms with Gasteiger partial charge in [-0.2, -0.15) is 4.98 Å². The van der Waals surface area contributed by atoms with E-state index in [1.165, 1.54) is 6.42 Å². The van der Waals surface area contributed by atoms with Crippen molar-refractivity contribution in [1.29, 1.82) is 0 Å². The lowest BCUT2D eigenvalue weighted by Crippen LogP contribution is -2.39. The molecule has 2 atom stereocenters. The van der Waals surface area contributed by atoms with Gasteiger partial charge in [-0.1, -0.05) is 19.9 Å². The van der Waals surface area contributed by atoms with E-state index in [2.05, 4.69) is 34.4 Å². The summed E-state index contributed by atoms with van der Waals surface area (Å²) in [6.45, 7) is 10.4. The van der Waals surface area contributed by atoms with Gasteiger partial charge in [-0.3, -0.25) is 0 Å². The summed E-state index contributed by atoms with van der Waals surface area (Å²) in [5, 5.41) is 6.84. The maximum absolute atomic E-state index is 5.64. The maximum Gasteiger partial charge on any atom is 0.231 e. The number of nitrogens with one attached hydrogen (secondary N) is 2. The van der Waals surface area contributed by atoms with Gasteiger partial charge in [-0.05, 0) is 55.1 Å². The fraction of sp³-hybridized carbons (Fsp3) is 0.500. The highest BCUT2D eigenvalue weighted by molar-refractivity contribution is 7.80. The Morgan fingerprint density at radius 2 is 1.83 bits per heavy atom. The summed E-state index contributed by atoms with van der Waals surface area (Å²) in [6.07, 6.45) is 1.26. The minimum Gasteiger partial charge on any atom is -0.486 e. The molecular formula is C22H29N5O2S. The van der Waals surface area contributed by atoms with Gasteiger partial charge in [0, 0.05) is 31.4 Å². The molecular weight excluding hydrogens is 398 g/mol. The highest BCUT2D eigenvalue weighted by Gasteiger charge is 2.23. The standard InChI is InChI=1S/C22H29N5O2S/c1-14-8-15(2)13-27(12-14)20-9-16(3)24-21(25-20)26-22(30)23-11-17-4-5-18-19(10-17)29-7-6-28-18/h4-5,9-10,14-15H,6-8,11-13H2,1-3H3,(H2,23,24,25,26,30)/t14-,15+. The monoisotopic (exact) mass is 427 g/mol. The molecule has 0 bridgehead atoms. The molecule has 1 aromatic carbocycles. The Morgan fingerprint density at radius 1 is 1.10 bits per heavy atom. The van der Waals surface area contributed by atoms with E-state index in [-0.39, 0.29) is 0 Å². The zero-order chi connectivity index (χ0) is 21.1. The van der Waals surface area contributed by atoms with Crippen LogP contribution in [0.15, 0.2) is 24.3 Å². The Morgan fingerprint density at radius 3 is 2.60 bits per heavy atom. The van der Waals surface area contributed by atoms with Gasteiger partial charge in [0.05, 0.1) is 0 Å². The Labute approximate surface area is 183 Å². The first-order valence-corrected chi connectivity index (χ1v) is 10.9. The summed E-state index contributed by atoms with van der Waals surface area (Å²) in [5.41, 5.74) is 1.98. The fourth-order valence-electron chi connectivity index (χ4n) is 4.15. The quantitative estimate of drug-likeness (QED) is 0.718. The van der Waals surface area contributed by atoms with Crippen molar-refractivity contribution >= 4 is 29.1 Å². The van der Waals surface area contributed by atoms with Crippen molar-refractivity contribution in [3.63, 3.8) is 0 Å². The van der Waals surface area contributed by atoms with Crippen molar-refractivity contribution in [1.82, 2.24) is 15.3 Å². The van der Waals surface area contributed by atoms with Crippen LogP contribution in [0.2, 0.25) is 0 Å². The predicted molar refractivity (Wildman–Crippen MR) is 122 cm³/mol. The van der Waals surface area contributed by atoms with E-state index in [1.807, 2.05) is 31.2 Å². The molecule has 0 spiro atoms. The van der Waals surface area contributed by atoms with E-state index in [0.717, 1.165) is 41.7 Å². The number of hydrogen-bond acceptors (Lipinski definition) is 6. The van der Waals surface area contributed by atoms with Crippen molar-refractivity contribution < 1.29 is 9.47 Å². The summed E-state index contributed by atoms with van der Waals surface area (Å²) < 4.78 is 11.2. The highest BCUT2D eigenvalue weighted by Crippen LogP contribution is 2.30. The number of anilines is 2. The maximum atomic E-state index is 5.64. The second-order valence-corrected chi connectivity index (χ2v) is 8.74. The molecule has 7 nitrogen and oxygen atoms in total. The number of hydrogen-bond donors (Lipinski definition) is 2. The van der Waals surface area contributed by atoms with E-state index in [0.29, 0.717) is 42.7 Å². The van der Waals surface area contributed by atoms with Crippen molar-refractivity contribution in [2.45, 2.75) is 33.7 Å². The van der Waals surface area contributed by atoms with Crippen LogP contribution in [0.3, 0.4) is 0 Å². The Hall–Kier alpha value is -2.61. The molecule has 1 aromatic heterocycles. The molecule has 0 aliphatic carbocycles. The molecule has 0 saturated carbocycles. The van der Waals surface area contributed by atoms with E-state index >= 15 is 0 Å². The van der Waals surface area contributed by atoms with E-state index < -0.39 is 0 Å². The molecule has 160 valence electrons. The van der Waals surface area contributed by atoms with Crippen LogP contribution in [0.1, 0.15) is 31.5 Å². The van der Waals surface area contributed by atoms with E-state index in [1.54, 1.807) is 0 Å². The fourth-order valence-corrected chi connectivity index (χ4v) is 4.31. The molecule has 0 unspecified atom stereocenters. The first-order valence-electron chi connectivity index (χ1n) is 10.5. The van der Waals surface area contributed by atoms with Gasteiger partial charge in [0.1, 0.15) is 19.0 Å². The first kappa shape index (κ1) is 20.7. The molecule has 1 saturated heterocycles. The lowest BCUT2D eigenvalue weighted by Gasteiger charge is -2.36. The number of thiocarbonyl (C=S) groups is 1. The number of fused-ring (bicyclic) bond motifs is 1. The van der Waals surface area contributed by atoms with Crippen molar-refractivity contribution in [2.75, 3.05) is 36.5 Å². The summed E-state index contributed by atoms with van der Waals surface area (Å²) in [5.74, 6) is 4.36. The largest absolute Gasteiger partial charge is 0.486 e. The number of ether oxygens (including phenoxy) is 2. The SMILES string of the molecule is Cc1cc(N2C[C@H](C)C[C@H](C)C2)nc(NC(=S)NCc2ccc3c(c2)OCCO3)n1. The van der Waals surface area contributed by atoms with Crippen LogP contribution in [0.4, 0.5) is 11.8 Å². The second-order valence-electron chi connectivity index (χ2n) is 8.33.